The number of hydrogen-bond donors (Lipinski definition) is 1. The fraction of sp³-hybridized carbons (Fsp3) is 0.855. The first kappa shape index (κ1) is 77.0. The van der Waals surface area contributed by atoms with Crippen molar-refractivity contribution in [2.75, 3.05) is 40.9 Å². The first-order chi connectivity index (χ1) is 38.4. The minimum atomic E-state index is -4.70. The van der Waals surface area contributed by atoms with E-state index in [1.165, 1.54) is 218 Å². The highest BCUT2D eigenvalue weighted by Gasteiger charge is 2.27. The second kappa shape index (κ2) is 59.1. The molecule has 0 aliphatic heterocycles. The number of quaternary nitrogens is 1. The summed E-state index contributed by atoms with van der Waals surface area (Å²) in [6, 6.07) is -0.892. The van der Waals surface area contributed by atoms with Crippen LogP contribution in [0.5, 0.6) is 0 Å². The van der Waals surface area contributed by atoms with Crippen LogP contribution in [0.4, 0.5) is 0 Å². The Morgan fingerprint density at radius 1 is 0.456 bits per heavy atom. The zero-order valence-electron chi connectivity index (χ0n) is 53.1. The van der Waals surface area contributed by atoms with Crippen LogP contribution in [0.15, 0.2) is 48.6 Å². The Morgan fingerprint density at radius 3 is 1.20 bits per heavy atom. The molecule has 0 aliphatic rings. The molecule has 1 amide bonds. The molecule has 10 heteroatoms. The van der Waals surface area contributed by atoms with Crippen molar-refractivity contribution in [2.24, 2.45) is 0 Å². The predicted molar refractivity (Wildman–Crippen MR) is 339 cm³/mol. The van der Waals surface area contributed by atoms with Crippen molar-refractivity contribution in [3.63, 3.8) is 0 Å². The van der Waals surface area contributed by atoms with E-state index in [-0.39, 0.29) is 24.9 Å². The van der Waals surface area contributed by atoms with Crippen molar-refractivity contribution in [3.8, 4) is 0 Å². The van der Waals surface area contributed by atoms with Crippen LogP contribution in [0, 0.1) is 0 Å². The fourth-order valence-corrected chi connectivity index (χ4v) is 10.8. The monoisotopic (exact) mass is 1130 g/mol. The smallest absolute Gasteiger partial charge is 0.306 e. The number of phosphoric ester groups is 1. The Hall–Kier alpha value is -2.03. The van der Waals surface area contributed by atoms with E-state index < -0.39 is 26.6 Å². The molecule has 1 N–H and O–H groups in total. The standard InChI is InChI=1S/C69H131N2O7P/c1-7-10-13-16-19-22-25-27-29-30-31-32-33-34-35-36-37-38-39-40-42-44-47-50-53-56-59-62-69(73)78-67(60-57-54-51-48-45-24-21-18-15-12-9-3)66(65-77-79(74,75)76-64-63-71(4,5)6)70-68(72)61-58-55-52-49-46-43-41-28-26-23-20-17-14-11-8-2/h11,14,17,20,23,26,57,60,66-67H,7-10,12-13,15-16,18-19,21-22,24-25,27-56,58-59,61-65H2,1-6H3,(H-,70,72,74,75)/b14-11+,20-17+,26-23+,60-57-. The fourth-order valence-electron chi connectivity index (χ4n) is 10.1. The predicted octanol–water partition coefficient (Wildman–Crippen LogP) is 20.6. The topological polar surface area (TPSA) is 114 Å². The molecule has 464 valence electrons. The maximum atomic E-state index is 13.5. The summed E-state index contributed by atoms with van der Waals surface area (Å²) in [6.45, 7) is 6.74. The van der Waals surface area contributed by atoms with Gasteiger partial charge in [-0.05, 0) is 51.0 Å². The molecule has 0 saturated heterocycles. The van der Waals surface area contributed by atoms with Gasteiger partial charge in [-0.2, -0.15) is 0 Å². The third-order valence-corrected chi connectivity index (χ3v) is 16.3. The van der Waals surface area contributed by atoms with Crippen LogP contribution >= 0.6 is 7.82 Å². The third kappa shape index (κ3) is 60.4. The van der Waals surface area contributed by atoms with E-state index in [4.69, 9.17) is 13.8 Å². The highest BCUT2D eigenvalue weighted by molar-refractivity contribution is 7.45. The summed E-state index contributed by atoms with van der Waals surface area (Å²) >= 11 is 0. The van der Waals surface area contributed by atoms with Gasteiger partial charge in [0, 0.05) is 12.8 Å². The number of hydrogen-bond acceptors (Lipinski definition) is 7. The molecule has 0 aromatic carbocycles. The van der Waals surface area contributed by atoms with Crippen LogP contribution in [0.1, 0.15) is 329 Å². The summed E-state index contributed by atoms with van der Waals surface area (Å²) in [5.41, 5.74) is 0. The molecular weight excluding hydrogens is 1000 g/mol. The summed E-state index contributed by atoms with van der Waals surface area (Å²) < 4.78 is 30.3. The molecule has 0 aromatic heterocycles. The summed E-state index contributed by atoms with van der Waals surface area (Å²) in [4.78, 5) is 40.0. The Bertz CT molecular complexity index is 1490. The van der Waals surface area contributed by atoms with Crippen LogP contribution in [0.25, 0.3) is 0 Å². The number of phosphoric acid groups is 1. The Labute approximate surface area is 490 Å². The van der Waals surface area contributed by atoms with Gasteiger partial charge in [-0.1, -0.05) is 314 Å². The molecule has 0 rings (SSSR count). The first-order valence-corrected chi connectivity index (χ1v) is 35.4. The lowest BCUT2D eigenvalue weighted by Gasteiger charge is -2.30. The molecule has 0 bridgehead atoms. The van der Waals surface area contributed by atoms with Crippen molar-refractivity contribution in [1.29, 1.82) is 0 Å². The van der Waals surface area contributed by atoms with Gasteiger partial charge in [-0.25, -0.2) is 0 Å². The van der Waals surface area contributed by atoms with Crippen LogP contribution in [-0.2, 0) is 27.9 Å². The molecule has 0 spiro atoms. The first-order valence-electron chi connectivity index (χ1n) is 34.0. The molecule has 3 atom stereocenters. The van der Waals surface area contributed by atoms with Gasteiger partial charge >= 0.3 is 5.97 Å². The maximum absolute atomic E-state index is 13.5. The van der Waals surface area contributed by atoms with Gasteiger partial charge in [-0.3, -0.25) is 14.2 Å². The molecule has 0 aliphatic carbocycles. The number of unbranched alkanes of at least 4 members (excludes halogenated alkanes) is 42. The van der Waals surface area contributed by atoms with E-state index in [0.29, 0.717) is 17.4 Å². The number of ether oxygens (including phenoxy) is 1. The average molecular weight is 1130 g/mol. The van der Waals surface area contributed by atoms with Crippen LogP contribution in [0.3, 0.4) is 0 Å². The number of allylic oxidation sites excluding steroid dienone is 7. The normalized spacial score (nSPS) is 13.9. The van der Waals surface area contributed by atoms with Crippen molar-refractivity contribution in [2.45, 2.75) is 341 Å². The van der Waals surface area contributed by atoms with E-state index in [1.807, 2.05) is 33.3 Å². The van der Waals surface area contributed by atoms with E-state index in [9.17, 15) is 19.0 Å². The molecule has 3 unspecified atom stereocenters. The Morgan fingerprint density at radius 2 is 0.810 bits per heavy atom. The van der Waals surface area contributed by atoms with Gasteiger partial charge in [0.05, 0.1) is 33.8 Å². The zero-order valence-corrected chi connectivity index (χ0v) is 54.0. The van der Waals surface area contributed by atoms with Gasteiger partial charge in [0.15, 0.2) is 0 Å². The maximum Gasteiger partial charge on any atom is 0.306 e. The largest absolute Gasteiger partial charge is 0.756 e. The Kier molecular flexibility index (Phi) is 57.6. The van der Waals surface area contributed by atoms with E-state index in [0.717, 1.165) is 77.0 Å². The molecule has 79 heavy (non-hydrogen) atoms. The van der Waals surface area contributed by atoms with Crippen molar-refractivity contribution >= 4 is 19.7 Å². The SMILES string of the molecule is CC/C=C/C=C/C=C/CCCCCCCCCC(=O)NC(COP(=O)([O-])OCC[N+](C)(C)C)C(/C=C\CCCCCCCCCCC)OC(=O)CCCCCCCCCCCCCCCCCCCCCCCCCCCCC. The second-order valence-electron chi connectivity index (χ2n) is 24.4. The van der Waals surface area contributed by atoms with Gasteiger partial charge in [-0.15, -0.1) is 0 Å². The zero-order chi connectivity index (χ0) is 57.9. The van der Waals surface area contributed by atoms with Crippen molar-refractivity contribution in [3.05, 3.63) is 48.6 Å². The van der Waals surface area contributed by atoms with Gasteiger partial charge in [0.25, 0.3) is 7.82 Å². The van der Waals surface area contributed by atoms with Crippen molar-refractivity contribution < 1.29 is 37.3 Å². The van der Waals surface area contributed by atoms with Crippen LogP contribution in [0.2, 0.25) is 0 Å². The summed E-state index contributed by atoms with van der Waals surface area (Å²) in [5, 5.41) is 3.03. The number of rotatable bonds is 62. The number of carbonyl (C=O) groups excluding carboxylic acids is 2. The molecule has 9 nitrogen and oxygen atoms in total. The summed E-state index contributed by atoms with van der Waals surface area (Å²) in [7, 11) is 1.18. The lowest BCUT2D eigenvalue weighted by Crippen LogP contribution is -2.47. The highest BCUT2D eigenvalue weighted by atomic mass is 31.2. The van der Waals surface area contributed by atoms with Crippen LogP contribution in [-0.4, -0.2) is 69.4 Å². The van der Waals surface area contributed by atoms with E-state index in [1.54, 1.807) is 0 Å². The lowest BCUT2D eigenvalue weighted by atomic mass is 10.0. The van der Waals surface area contributed by atoms with Crippen LogP contribution < -0.4 is 10.2 Å². The number of likely N-dealkylation sites (N-methyl/N-ethyl adjacent to an activating group) is 1. The van der Waals surface area contributed by atoms with Gasteiger partial charge in [0.2, 0.25) is 5.91 Å². The molecule has 0 saturated carbocycles. The lowest BCUT2D eigenvalue weighted by molar-refractivity contribution is -0.870. The molecule has 0 aromatic rings. The third-order valence-electron chi connectivity index (χ3n) is 15.3. The number of nitrogens with zero attached hydrogens (tertiary/aromatic N) is 1. The summed E-state index contributed by atoms with van der Waals surface area (Å²) in [6.07, 6.45) is 73.9. The number of esters is 1. The summed E-state index contributed by atoms with van der Waals surface area (Å²) in [5.74, 6) is -0.543. The minimum absolute atomic E-state index is 0.0240. The minimum Gasteiger partial charge on any atom is -0.756 e. The number of amides is 1. The molecule has 0 heterocycles. The quantitative estimate of drug-likeness (QED) is 0.0161. The highest BCUT2D eigenvalue weighted by Crippen LogP contribution is 2.38. The molecular formula is C69H131N2O7P. The van der Waals surface area contributed by atoms with E-state index >= 15 is 0 Å². The molecule has 0 fully saturated rings. The van der Waals surface area contributed by atoms with Gasteiger partial charge < -0.3 is 28.5 Å². The number of carbonyl (C=O) groups is 2. The Balaban J connectivity index is 4.95. The second-order valence-corrected chi connectivity index (χ2v) is 25.8. The molecule has 0 radical (unpaired) electrons. The van der Waals surface area contributed by atoms with Crippen molar-refractivity contribution in [1.82, 2.24) is 5.32 Å². The average Bonchev–Trinajstić information content (AvgIpc) is 3.41. The van der Waals surface area contributed by atoms with Gasteiger partial charge in [0.1, 0.15) is 19.3 Å². The number of nitrogens with one attached hydrogen (secondary N) is 1. The van der Waals surface area contributed by atoms with E-state index in [2.05, 4.69) is 62.5 Å².